The van der Waals surface area contributed by atoms with Gasteiger partial charge in [-0.05, 0) is 37.6 Å². The van der Waals surface area contributed by atoms with Crippen molar-refractivity contribution in [2.45, 2.75) is 19.9 Å². The fraction of sp³-hybridized carbons (Fsp3) is 0.300. The second kappa shape index (κ2) is 6.33. The Bertz CT molecular complexity index is 980. The highest BCUT2D eigenvalue weighted by Gasteiger charge is 2.20. The number of hydrogen-bond donors (Lipinski definition) is 1. The Morgan fingerprint density at radius 2 is 2.16 bits per heavy atom. The quantitative estimate of drug-likeness (QED) is 0.782. The first-order chi connectivity index (χ1) is 12.1. The van der Waals surface area contributed by atoms with Gasteiger partial charge in [0, 0.05) is 41.5 Å². The van der Waals surface area contributed by atoms with E-state index in [0.29, 0.717) is 13.2 Å². The minimum absolute atomic E-state index is 0.0912. The molecule has 1 aliphatic rings. The zero-order valence-electron chi connectivity index (χ0n) is 14.5. The number of pyridine rings is 2. The number of nitrogens with one attached hydrogen (secondary N) is 1. The van der Waals surface area contributed by atoms with Crippen LogP contribution in [0.5, 0.6) is 0 Å². The maximum atomic E-state index is 12.4. The first-order valence-corrected chi connectivity index (χ1v) is 8.57. The minimum atomic E-state index is -0.0912. The number of aromatic nitrogens is 2. The molecule has 1 fully saturated rings. The molecule has 0 unspecified atom stereocenters. The predicted octanol–water partition coefficient (Wildman–Crippen LogP) is 3.12. The summed E-state index contributed by atoms with van der Waals surface area (Å²) in [4.78, 5) is 22.0. The third-order valence-electron chi connectivity index (χ3n) is 4.79. The molecule has 5 heteroatoms. The van der Waals surface area contributed by atoms with Gasteiger partial charge in [0.25, 0.3) is 0 Å². The summed E-state index contributed by atoms with van der Waals surface area (Å²) < 4.78 is 5.52. The highest BCUT2D eigenvalue weighted by Crippen LogP contribution is 2.31. The van der Waals surface area contributed by atoms with Gasteiger partial charge >= 0.3 is 0 Å². The topological polar surface area (TPSA) is 58.2 Å². The van der Waals surface area contributed by atoms with Crippen LogP contribution in [0, 0.1) is 6.92 Å². The maximum Gasteiger partial charge on any atom is 0.250 e. The second-order valence-corrected chi connectivity index (χ2v) is 6.56. The average molecular weight is 335 g/mol. The number of benzene rings is 1. The van der Waals surface area contributed by atoms with Crippen LogP contribution in [0.1, 0.15) is 12.5 Å². The van der Waals surface area contributed by atoms with E-state index in [1.165, 1.54) is 0 Å². The molecular weight excluding hydrogens is 314 g/mol. The molecule has 0 saturated carbocycles. The first-order valence-electron chi connectivity index (χ1n) is 8.57. The van der Waals surface area contributed by atoms with E-state index < -0.39 is 0 Å². The lowest BCUT2D eigenvalue weighted by Crippen LogP contribution is -2.44. The standard InChI is InChI=1S/C20H21N3O2/c1-13-5-6-17-16(4-3-7-21-17)20(13)18-10-15(11-19(24)22-18)23-8-9-25-12-14(23)2/h3-7,10-11,14H,8-9,12H2,1-2H3,(H,22,24)/t14-/m1/s1. The number of H-pyrrole nitrogens is 1. The van der Waals surface area contributed by atoms with Crippen LogP contribution < -0.4 is 10.5 Å². The molecule has 0 aliphatic carbocycles. The SMILES string of the molecule is Cc1ccc2ncccc2c1-c1cc(N2CCOC[C@H]2C)cc(=O)[nH]1. The van der Waals surface area contributed by atoms with E-state index in [-0.39, 0.29) is 11.6 Å². The molecule has 1 aromatic carbocycles. The van der Waals surface area contributed by atoms with Crippen LogP contribution in [0.3, 0.4) is 0 Å². The van der Waals surface area contributed by atoms with E-state index in [0.717, 1.165) is 40.0 Å². The molecule has 0 spiro atoms. The van der Waals surface area contributed by atoms with Crippen molar-refractivity contribution < 1.29 is 4.74 Å². The van der Waals surface area contributed by atoms with Crippen molar-refractivity contribution in [2.24, 2.45) is 0 Å². The summed E-state index contributed by atoms with van der Waals surface area (Å²) in [6.45, 7) is 6.33. The van der Waals surface area contributed by atoms with Gasteiger partial charge < -0.3 is 14.6 Å². The second-order valence-electron chi connectivity index (χ2n) is 6.56. The molecular formula is C20H21N3O2. The summed E-state index contributed by atoms with van der Waals surface area (Å²) in [5.74, 6) is 0. The van der Waals surface area contributed by atoms with Crippen molar-refractivity contribution >= 4 is 16.6 Å². The zero-order valence-corrected chi connectivity index (χ0v) is 14.5. The van der Waals surface area contributed by atoms with Crippen molar-refractivity contribution in [3.05, 3.63) is 58.5 Å². The molecule has 1 aliphatic heterocycles. The normalized spacial score (nSPS) is 17.8. The van der Waals surface area contributed by atoms with Gasteiger partial charge in [0.1, 0.15) is 0 Å². The van der Waals surface area contributed by atoms with E-state index in [9.17, 15) is 4.79 Å². The molecule has 0 bridgehead atoms. The Morgan fingerprint density at radius 1 is 1.28 bits per heavy atom. The molecule has 4 rings (SSSR count). The van der Waals surface area contributed by atoms with Gasteiger partial charge in [0.05, 0.1) is 24.4 Å². The summed E-state index contributed by atoms with van der Waals surface area (Å²) in [5, 5.41) is 1.05. The highest BCUT2D eigenvalue weighted by molar-refractivity contribution is 5.95. The Kier molecular flexibility index (Phi) is 4.01. The number of fused-ring (bicyclic) bond motifs is 1. The molecule has 25 heavy (non-hydrogen) atoms. The number of ether oxygens (including phenoxy) is 1. The fourth-order valence-corrected chi connectivity index (χ4v) is 3.56. The van der Waals surface area contributed by atoms with Gasteiger partial charge in [0.2, 0.25) is 5.56 Å². The third kappa shape index (κ3) is 2.91. The number of hydrogen-bond acceptors (Lipinski definition) is 4. The Hall–Kier alpha value is -2.66. The lowest BCUT2D eigenvalue weighted by atomic mass is 9.99. The van der Waals surface area contributed by atoms with E-state index in [2.05, 4.69) is 34.8 Å². The van der Waals surface area contributed by atoms with Gasteiger partial charge in [-0.2, -0.15) is 0 Å². The molecule has 2 aromatic heterocycles. The molecule has 1 saturated heterocycles. The number of aromatic amines is 1. The van der Waals surface area contributed by atoms with Crippen LogP contribution >= 0.6 is 0 Å². The van der Waals surface area contributed by atoms with Crippen LogP contribution in [0.2, 0.25) is 0 Å². The van der Waals surface area contributed by atoms with Crippen molar-refractivity contribution in [3.63, 3.8) is 0 Å². The van der Waals surface area contributed by atoms with Gasteiger partial charge in [-0.3, -0.25) is 9.78 Å². The molecule has 5 nitrogen and oxygen atoms in total. The Labute approximate surface area is 146 Å². The lowest BCUT2D eigenvalue weighted by molar-refractivity contribution is 0.0989. The summed E-state index contributed by atoms with van der Waals surface area (Å²) in [6, 6.07) is 12.0. The number of aryl methyl sites for hydroxylation is 1. The van der Waals surface area contributed by atoms with Gasteiger partial charge in [-0.25, -0.2) is 0 Å². The average Bonchev–Trinajstić information content (AvgIpc) is 2.61. The van der Waals surface area contributed by atoms with Crippen LogP contribution in [-0.2, 0) is 4.74 Å². The largest absolute Gasteiger partial charge is 0.377 e. The fourth-order valence-electron chi connectivity index (χ4n) is 3.56. The highest BCUT2D eigenvalue weighted by atomic mass is 16.5. The predicted molar refractivity (Wildman–Crippen MR) is 100 cm³/mol. The summed E-state index contributed by atoms with van der Waals surface area (Å²) >= 11 is 0. The lowest BCUT2D eigenvalue weighted by Gasteiger charge is -2.35. The maximum absolute atomic E-state index is 12.4. The van der Waals surface area contributed by atoms with Crippen LogP contribution in [0.15, 0.2) is 47.4 Å². The van der Waals surface area contributed by atoms with Crippen molar-refractivity contribution in [1.29, 1.82) is 0 Å². The van der Waals surface area contributed by atoms with E-state index in [1.807, 2.05) is 24.3 Å². The number of morpholine rings is 1. The van der Waals surface area contributed by atoms with Crippen molar-refractivity contribution in [3.8, 4) is 11.3 Å². The molecule has 0 radical (unpaired) electrons. The molecule has 1 atom stereocenters. The van der Waals surface area contributed by atoms with Gasteiger partial charge in [-0.1, -0.05) is 12.1 Å². The molecule has 1 N–H and O–H groups in total. The summed E-state index contributed by atoms with van der Waals surface area (Å²) in [7, 11) is 0. The van der Waals surface area contributed by atoms with Crippen LogP contribution in [-0.4, -0.2) is 35.8 Å². The summed E-state index contributed by atoms with van der Waals surface area (Å²) in [6.07, 6.45) is 1.79. The number of anilines is 1. The Morgan fingerprint density at radius 3 is 3.00 bits per heavy atom. The zero-order chi connectivity index (χ0) is 17.4. The molecule has 128 valence electrons. The van der Waals surface area contributed by atoms with Crippen LogP contribution in [0.25, 0.3) is 22.2 Å². The molecule has 3 aromatic rings. The van der Waals surface area contributed by atoms with Crippen LogP contribution in [0.4, 0.5) is 5.69 Å². The third-order valence-corrected chi connectivity index (χ3v) is 4.79. The summed E-state index contributed by atoms with van der Waals surface area (Å²) in [5.41, 5.74) is 4.75. The number of nitrogens with zero attached hydrogens (tertiary/aromatic N) is 2. The minimum Gasteiger partial charge on any atom is -0.377 e. The van der Waals surface area contributed by atoms with E-state index >= 15 is 0 Å². The van der Waals surface area contributed by atoms with Crippen molar-refractivity contribution in [2.75, 3.05) is 24.7 Å². The molecule has 0 amide bonds. The number of rotatable bonds is 2. The Balaban J connectivity index is 1.90. The van der Waals surface area contributed by atoms with Crippen molar-refractivity contribution in [1.82, 2.24) is 9.97 Å². The van der Waals surface area contributed by atoms with E-state index in [4.69, 9.17) is 4.74 Å². The van der Waals surface area contributed by atoms with E-state index in [1.54, 1.807) is 12.3 Å². The smallest absolute Gasteiger partial charge is 0.250 e. The molecule has 3 heterocycles. The first kappa shape index (κ1) is 15.8. The van der Waals surface area contributed by atoms with Gasteiger partial charge in [-0.15, -0.1) is 0 Å². The monoisotopic (exact) mass is 335 g/mol. The van der Waals surface area contributed by atoms with Gasteiger partial charge in [0.15, 0.2) is 0 Å².